The fraction of sp³-hybridized carbons (Fsp3) is 0.182. The molecule has 4 rings (SSSR count). The lowest BCUT2D eigenvalue weighted by Crippen LogP contribution is -2.08. The number of H-pyrrole nitrogens is 1. The molecule has 1 aromatic carbocycles. The van der Waals surface area contributed by atoms with Gasteiger partial charge in [-0.05, 0) is 36.2 Å². The smallest absolute Gasteiger partial charge is 0.218 e. The zero-order chi connectivity index (χ0) is 22.1. The molecule has 0 aliphatic heterocycles. The van der Waals surface area contributed by atoms with Gasteiger partial charge in [0.05, 0.1) is 7.11 Å². The molecule has 0 saturated heterocycles. The molecular formula is C22H18F4N4O. The maximum absolute atomic E-state index is 14.6. The van der Waals surface area contributed by atoms with Gasteiger partial charge >= 0.3 is 0 Å². The molecular weight excluding hydrogens is 412 g/mol. The highest BCUT2D eigenvalue weighted by atomic mass is 19.2. The van der Waals surface area contributed by atoms with Crippen LogP contribution in [0.25, 0.3) is 11.0 Å². The second kappa shape index (κ2) is 8.25. The first-order chi connectivity index (χ1) is 14.9. The molecule has 2 N–H and O–H groups in total. The standard InChI is InChI=1S/C22H18F4N4O/c1-11-5-15-13(9-29-22(15)28-8-11)6-12-3-4-17(30-21(12)26)27-10-14-7-16(23)19(25)20(31-2)18(14)24/h3-5,7-9H,6,10H2,1-2H3,(H,27,30)(H,28,29). The first-order valence-corrected chi connectivity index (χ1v) is 9.39. The summed E-state index contributed by atoms with van der Waals surface area (Å²) >= 11 is 0. The van der Waals surface area contributed by atoms with Crippen LogP contribution in [0.3, 0.4) is 0 Å². The van der Waals surface area contributed by atoms with Crippen molar-refractivity contribution in [1.82, 2.24) is 15.0 Å². The number of pyridine rings is 2. The van der Waals surface area contributed by atoms with Gasteiger partial charge in [-0.15, -0.1) is 0 Å². The summed E-state index contributed by atoms with van der Waals surface area (Å²) in [5, 5.41) is 3.62. The lowest BCUT2D eigenvalue weighted by molar-refractivity contribution is 0.344. The van der Waals surface area contributed by atoms with E-state index in [1.807, 2.05) is 13.0 Å². The van der Waals surface area contributed by atoms with E-state index in [9.17, 15) is 17.6 Å². The Kier molecular flexibility index (Phi) is 5.50. The Bertz CT molecular complexity index is 1270. The highest BCUT2D eigenvalue weighted by Crippen LogP contribution is 2.28. The summed E-state index contributed by atoms with van der Waals surface area (Å²) in [6.07, 6.45) is 3.83. The minimum Gasteiger partial charge on any atom is -0.491 e. The average molecular weight is 430 g/mol. The van der Waals surface area contributed by atoms with Crippen molar-refractivity contribution in [2.24, 2.45) is 0 Å². The third-order valence-corrected chi connectivity index (χ3v) is 4.92. The Hall–Kier alpha value is -3.62. The molecule has 0 amide bonds. The number of fused-ring (bicyclic) bond motifs is 1. The summed E-state index contributed by atoms with van der Waals surface area (Å²) in [5.74, 6) is -5.05. The number of halogens is 4. The number of ether oxygens (including phenoxy) is 1. The van der Waals surface area contributed by atoms with Crippen LogP contribution in [0.15, 0.2) is 36.7 Å². The van der Waals surface area contributed by atoms with Crippen molar-refractivity contribution in [1.29, 1.82) is 0 Å². The molecule has 0 fully saturated rings. The molecule has 31 heavy (non-hydrogen) atoms. The van der Waals surface area contributed by atoms with Crippen LogP contribution in [0.2, 0.25) is 0 Å². The minimum atomic E-state index is -1.40. The summed E-state index contributed by atoms with van der Waals surface area (Å²) in [6, 6.07) is 5.79. The summed E-state index contributed by atoms with van der Waals surface area (Å²) < 4.78 is 60.6. The number of hydrogen-bond acceptors (Lipinski definition) is 4. The second-order valence-corrected chi connectivity index (χ2v) is 7.08. The normalized spacial score (nSPS) is 11.2. The summed E-state index contributed by atoms with van der Waals surface area (Å²) in [7, 11) is 1.04. The van der Waals surface area contributed by atoms with Gasteiger partial charge in [0.15, 0.2) is 17.4 Å². The number of nitrogens with zero attached hydrogens (tertiary/aromatic N) is 2. The molecule has 0 radical (unpaired) electrons. The van der Waals surface area contributed by atoms with Gasteiger partial charge in [-0.1, -0.05) is 6.07 Å². The Morgan fingerprint density at radius 3 is 2.58 bits per heavy atom. The predicted octanol–water partition coefficient (Wildman–Crippen LogP) is 5.03. The highest BCUT2D eigenvalue weighted by Gasteiger charge is 2.19. The molecule has 4 aromatic rings. The van der Waals surface area contributed by atoms with Crippen molar-refractivity contribution < 1.29 is 22.3 Å². The summed E-state index contributed by atoms with van der Waals surface area (Å²) in [6.45, 7) is 1.69. The molecule has 0 spiro atoms. The highest BCUT2D eigenvalue weighted by molar-refractivity contribution is 5.80. The van der Waals surface area contributed by atoms with Crippen LogP contribution in [0.1, 0.15) is 22.3 Å². The molecule has 3 heterocycles. The van der Waals surface area contributed by atoms with Crippen LogP contribution in [0.4, 0.5) is 23.4 Å². The summed E-state index contributed by atoms with van der Waals surface area (Å²) in [4.78, 5) is 11.2. The zero-order valence-electron chi connectivity index (χ0n) is 16.7. The number of benzene rings is 1. The molecule has 0 aliphatic carbocycles. The molecule has 0 unspecified atom stereocenters. The molecule has 160 valence electrons. The monoisotopic (exact) mass is 430 g/mol. The number of nitrogens with one attached hydrogen (secondary N) is 2. The fourth-order valence-electron chi connectivity index (χ4n) is 3.33. The fourth-order valence-corrected chi connectivity index (χ4v) is 3.33. The minimum absolute atomic E-state index is 0.126. The molecule has 5 nitrogen and oxygen atoms in total. The van der Waals surface area contributed by atoms with E-state index in [-0.39, 0.29) is 17.9 Å². The van der Waals surface area contributed by atoms with Crippen molar-refractivity contribution in [3.8, 4) is 5.75 Å². The van der Waals surface area contributed by atoms with Gasteiger partial charge in [-0.3, -0.25) is 0 Å². The van der Waals surface area contributed by atoms with Crippen LogP contribution >= 0.6 is 0 Å². The number of aromatic nitrogens is 3. The van der Waals surface area contributed by atoms with Gasteiger partial charge in [0.25, 0.3) is 0 Å². The topological polar surface area (TPSA) is 62.8 Å². The van der Waals surface area contributed by atoms with E-state index >= 15 is 0 Å². The maximum Gasteiger partial charge on any atom is 0.218 e. The van der Waals surface area contributed by atoms with Crippen LogP contribution in [0.5, 0.6) is 5.75 Å². The lowest BCUT2D eigenvalue weighted by atomic mass is 10.1. The molecule has 0 atom stereocenters. The van der Waals surface area contributed by atoms with Crippen molar-refractivity contribution >= 4 is 16.9 Å². The number of hydrogen-bond donors (Lipinski definition) is 2. The van der Waals surface area contributed by atoms with Crippen molar-refractivity contribution in [3.63, 3.8) is 0 Å². The van der Waals surface area contributed by atoms with Crippen LogP contribution in [-0.4, -0.2) is 22.1 Å². The Morgan fingerprint density at radius 2 is 1.84 bits per heavy atom. The number of methoxy groups -OCH3 is 1. The Balaban J connectivity index is 1.52. The lowest BCUT2D eigenvalue weighted by Gasteiger charge is -2.11. The van der Waals surface area contributed by atoms with Gasteiger partial charge in [0.1, 0.15) is 11.5 Å². The third kappa shape index (κ3) is 4.03. The van der Waals surface area contributed by atoms with E-state index in [1.54, 1.807) is 18.5 Å². The van der Waals surface area contributed by atoms with Gasteiger partial charge in [-0.25, -0.2) is 18.7 Å². The van der Waals surface area contributed by atoms with Crippen molar-refractivity contribution in [2.45, 2.75) is 19.9 Å². The Labute approximate surface area is 175 Å². The van der Waals surface area contributed by atoms with E-state index in [0.717, 1.165) is 35.3 Å². The van der Waals surface area contributed by atoms with Crippen LogP contribution in [0, 0.1) is 30.3 Å². The van der Waals surface area contributed by atoms with Crippen molar-refractivity contribution in [2.75, 3.05) is 12.4 Å². The molecule has 9 heteroatoms. The van der Waals surface area contributed by atoms with Crippen LogP contribution in [-0.2, 0) is 13.0 Å². The molecule has 0 aliphatic rings. The number of anilines is 1. The van der Waals surface area contributed by atoms with Crippen LogP contribution < -0.4 is 10.1 Å². The Morgan fingerprint density at radius 1 is 1.03 bits per heavy atom. The largest absolute Gasteiger partial charge is 0.491 e. The first kappa shape index (κ1) is 20.6. The second-order valence-electron chi connectivity index (χ2n) is 7.08. The van der Waals surface area contributed by atoms with Crippen molar-refractivity contribution in [3.05, 3.63) is 82.3 Å². The SMILES string of the molecule is COc1c(F)c(F)cc(CNc2ccc(Cc3c[nH]c4ncc(C)cc34)c(F)n2)c1F. The maximum atomic E-state index is 14.6. The molecule has 0 bridgehead atoms. The van der Waals surface area contributed by atoms with E-state index in [0.29, 0.717) is 12.0 Å². The van der Waals surface area contributed by atoms with Gasteiger partial charge in [0.2, 0.25) is 11.8 Å². The van der Waals surface area contributed by atoms with E-state index in [4.69, 9.17) is 0 Å². The quantitative estimate of drug-likeness (QED) is 0.256. The van der Waals surface area contributed by atoms with E-state index < -0.39 is 29.1 Å². The zero-order valence-corrected chi connectivity index (χ0v) is 16.7. The number of aromatic amines is 1. The van der Waals surface area contributed by atoms with E-state index in [2.05, 4.69) is 25.0 Å². The molecule has 0 saturated carbocycles. The van der Waals surface area contributed by atoms with E-state index in [1.165, 1.54) is 6.07 Å². The first-order valence-electron chi connectivity index (χ1n) is 9.39. The average Bonchev–Trinajstić information content (AvgIpc) is 3.14. The van der Waals surface area contributed by atoms with Gasteiger partial charge in [0, 0.05) is 41.9 Å². The summed E-state index contributed by atoms with van der Waals surface area (Å²) in [5.41, 5.74) is 2.78. The number of rotatable bonds is 6. The number of aryl methyl sites for hydroxylation is 1. The predicted molar refractivity (Wildman–Crippen MR) is 108 cm³/mol. The van der Waals surface area contributed by atoms with Gasteiger partial charge in [-0.2, -0.15) is 8.78 Å². The van der Waals surface area contributed by atoms with Gasteiger partial charge < -0.3 is 15.0 Å². The third-order valence-electron chi connectivity index (χ3n) is 4.92. The molecule has 3 aromatic heterocycles.